The van der Waals surface area contributed by atoms with Gasteiger partial charge < -0.3 is 15.0 Å². The highest BCUT2D eigenvalue weighted by atomic mass is 16.5. The standard InChI is InChI=1S/C20H26N2O3/c1-4-9-21-19(23)13(3)25-20(24)14-6-8-18-16(11-14)15-10-12(2)5-7-17(15)22-18/h6,8,11-13,22H,4-5,7,9-10H2,1-3H3,(H,21,23)/t12-,13-/m0/s1. The fraction of sp³-hybridized carbons (Fsp3) is 0.500. The highest BCUT2D eigenvalue weighted by Crippen LogP contribution is 2.32. The first-order valence-corrected chi connectivity index (χ1v) is 9.11. The number of carbonyl (C=O) groups is 2. The molecule has 1 aliphatic rings. The lowest BCUT2D eigenvalue weighted by atomic mass is 9.87. The fourth-order valence-corrected chi connectivity index (χ4v) is 3.39. The van der Waals surface area contributed by atoms with Crippen LogP contribution in [0.25, 0.3) is 10.9 Å². The van der Waals surface area contributed by atoms with Crippen LogP contribution in [-0.4, -0.2) is 29.5 Å². The maximum atomic E-state index is 12.4. The number of carbonyl (C=O) groups excluding carboxylic acids is 2. The first-order valence-electron chi connectivity index (χ1n) is 9.11. The number of fused-ring (bicyclic) bond motifs is 3. The molecule has 0 spiro atoms. The van der Waals surface area contributed by atoms with Gasteiger partial charge in [-0.1, -0.05) is 13.8 Å². The zero-order valence-corrected chi connectivity index (χ0v) is 15.1. The summed E-state index contributed by atoms with van der Waals surface area (Å²) in [6.45, 7) is 6.42. The molecule has 2 aromatic rings. The SMILES string of the molecule is CCCNC(=O)[C@H](C)OC(=O)c1ccc2[nH]c3c(c2c1)C[C@@H](C)CC3. The summed E-state index contributed by atoms with van der Waals surface area (Å²) >= 11 is 0. The van der Waals surface area contributed by atoms with Crippen LogP contribution in [-0.2, 0) is 22.4 Å². The molecule has 0 radical (unpaired) electrons. The zero-order chi connectivity index (χ0) is 18.0. The van der Waals surface area contributed by atoms with Crippen LogP contribution in [0.15, 0.2) is 18.2 Å². The van der Waals surface area contributed by atoms with Crippen molar-refractivity contribution in [2.24, 2.45) is 5.92 Å². The van der Waals surface area contributed by atoms with Gasteiger partial charge in [-0.15, -0.1) is 0 Å². The number of hydrogen-bond acceptors (Lipinski definition) is 3. The zero-order valence-electron chi connectivity index (χ0n) is 15.1. The lowest BCUT2D eigenvalue weighted by Gasteiger charge is -2.18. The van der Waals surface area contributed by atoms with Gasteiger partial charge in [-0.3, -0.25) is 4.79 Å². The number of aryl methyl sites for hydroxylation is 1. The van der Waals surface area contributed by atoms with E-state index in [-0.39, 0.29) is 5.91 Å². The van der Waals surface area contributed by atoms with Crippen molar-refractivity contribution in [2.45, 2.75) is 52.6 Å². The Kier molecular flexibility index (Phi) is 5.11. The summed E-state index contributed by atoms with van der Waals surface area (Å²) in [7, 11) is 0. The second kappa shape index (κ2) is 7.30. The Bertz CT molecular complexity index is 794. The van der Waals surface area contributed by atoms with Crippen molar-refractivity contribution >= 4 is 22.8 Å². The lowest BCUT2D eigenvalue weighted by molar-refractivity contribution is -0.129. The van der Waals surface area contributed by atoms with Crippen molar-refractivity contribution in [1.29, 1.82) is 0 Å². The van der Waals surface area contributed by atoms with Gasteiger partial charge in [0.15, 0.2) is 6.10 Å². The summed E-state index contributed by atoms with van der Waals surface area (Å²) in [5.74, 6) is -0.0617. The summed E-state index contributed by atoms with van der Waals surface area (Å²) in [6.07, 6.45) is 3.33. The minimum absolute atomic E-state index is 0.260. The molecular weight excluding hydrogens is 316 g/mol. The summed E-state index contributed by atoms with van der Waals surface area (Å²) in [5.41, 5.74) is 4.15. The van der Waals surface area contributed by atoms with E-state index in [9.17, 15) is 9.59 Å². The maximum Gasteiger partial charge on any atom is 0.338 e. The third-order valence-electron chi connectivity index (χ3n) is 4.87. The van der Waals surface area contributed by atoms with Crippen LogP contribution in [0.2, 0.25) is 0 Å². The normalized spacial score (nSPS) is 17.8. The second-order valence-electron chi connectivity index (χ2n) is 7.03. The topological polar surface area (TPSA) is 71.2 Å². The molecule has 25 heavy (non-hydrogen) atoms. The van der Waals surface area contributed by atoms with Crippen LogP contribution < -0.4 is 5.32 Å². The molecule has 0 bridgehead atoms. The molecule has 1 aromatic carbocycles. The number of hydrogen-bond donors (Lipinski definition) is 2. The Morgan fingerprint density at radius 1 is 1.40 bits per heavy atom. The Hall–Kier alpha value is -2.30. The number of H-pyrrole nitrogens is 1. The van der Waals surface area contributed by atoms with E-state index < -0.39 is 12.1 Å². The maximum absolute atomic E-state index is 12.4. The second-order valence-corrected chi connectivity index (χ2v) is 7.03. The first-order chi connectivity index (χ1) is 12.0. The van der Waals surface area contributed by atoms with Gasteiger partial charge in [0.2, 0.25) is 0 Å². The monoisotopic (exact) mass is 342 g/mol. The van der Waals surface area contributed by atoms with Crippen LogP contribution in [0.1, 0.15) is 55.2 Å². The molecule has 0 saturated heterocycles. The molecule has 0 saturated carbocycles. The number of rotatable bonds is 5. The molecule has 5 nitrogen and oxygen atoms in total. The first kappa shape index (κ1) is 17.5. The van der Waals surface area contributed by atoms with E-state index in [1.165, 1.54) is 17.7 Å². The number of aromatic nitrogens is 1. The molecule has 2 N–H and O–H groups in total. The average molecular weight is 342 g/mol. The minimum Gasteiger partial charge on any atom is -0.449 e. The molecule has 2 atom stereocenters. The fourth-order valence-electron chi connectivity index (χ4n) is 3.39. The van der Waals surface area contributed by atoms with E-state index in [4.69, 9.17) is 4.74 Å². The third kappa shape index (κ3) is 3.70. The summed E-state index contributed by atoms with van der Waals surface area (Å²) in [5, 5.41) is 3.84. The Morgan fingerprint density at radius 2 is 2.20 bits per heavy atom. The van der Waals surface area contributed by atoms with Gasteiger partial charge in [0.05, 0.1) is 5.56 Å². The van der Waals surface area contributed by atoms with Crippen molar-refractivity contribution in [3.63, 3.8) is 0 Å². The number of ether oxygens (including phenoxy) is 1. The molecular formula is C20H26N2O3. The number of amides is 1. The molecule has 0 unspecified atom stereocenters. The van der Waals surface area contributed by atoms with Gasteiger partial charge in [0.25, 0.3) is 5.91 Å². The number of esters is 1. The van der Waals surface area contributed by atoms with E-state index in [0.29, 0.717) is 18.0 Å². The third-order valence-corrected chi connectivity index (χ3v) is 4.87. The molecule has 1 amide bonds. The van der Waals surface area contributed by atoms with E-state index in [0.717, 1.165) is 30.2 Å². The van der Waals surface area contributed by atoms with Gasteiger partial charge in [0.1, 0.15) is 0 Å². The molecule has 1 aliphatic carbocycles. The average Bonchev–Trinajstić information content (AvgIpc) is 2.96. The van der Waals surface area contributed by atoms with E-state index >= 15 is 0 Å². The van der Waals surface area contributed by atoms with Gasteiger partial charge in [0, 0.05) is 23.1 Å². The Labute approximate surface area is 148 Å². The van der Waals surface area contributed by atoms with Gasteiger partial charge in [-0.2, -0.15) is 0 Å². The van der Waals surface area contributed by atoms with E-state index in [2.05, 4.69) is 17.2 Å². The van der Waals surface area contributed by atoms with E-state index in [1.807, 2.05) is 19.1 Å². The van der Waals surface area contributed by atoms with Crippen LogP contribution >= 0.6 is 0 Å². The van der Waals surface area contributed by atoms with Gasteiger partial charge >= 0.3 is 5.97 Å². The quantitative estimate of drug-likeness (QED) is 0.819. The summed E-state index contributed by atoms with van der Waals surface area (Å²) in [4.78, 5) is 27.8. The molecule has 1 heterocycles. The largest absolute Gasteiger partial charge is 0.449 e. The summed E-state index contributed by atoms with van der Waals surface area (Å²) < 4.78 is 5.32. The molecule has 0 aliphatic heterocycles. The molecule has 134 valence electrons. The van der Waals surface area contributed by atoms with Crippen LogP contribution in [0.4, 0.5) is 0 Å². The van der Waals surface area contributed by atoms with Crippen LogP contribution in [0.5, 0.6) is 0 Å². The molecule has 3 rings (SSSR count). The minimum atomic E-state index is -0.796. The molecule has 5 heteroatoms. The van der Waals surface area contributed by atoms with E-state index in [1.54, 1.807) is 13.0 Å². The highest BCUT2D eigenvalue weighted by molar-refractivity contribution is 5.97. The summed E-state index contributed by atoms with van der Waals surface area (Å²) in [6, 6.07) is 5.57. The number of aromatic amines is 1. The van der Waals surface area contributed by atoms with Crippen molar-refractivity contribution < 1.29 is 14.3 Å². The number of benzene rings is 1. The molecule has 0 fully saturated rings. The molecule has 1 aromatic heterocycles. The Morgan fingerprint density at radius 3 is 2.96 bits per heavy atom. The highest BCUT2D eigenvalue weighted by Gasteiger charge is 2.22. The Balaban J connectivity index is 1.78. The van der Waals surface area contributed by atoms with Crippen molar-refractivity contribution in [1.82, 2.24) is 10.3 Å². The lowest BCUT2D eigenvalue weighted by Crippen LogP contribution is -2.36. The predicted molar refractivity (Wildman–Crippen MR) is 97.7 cm³/mol. The van der Waals surface area contributed by atoms with Crippen molar-refractivity contribution in [3.05, 3.63) is 35.0 Å². The van der Waals surface area contributed by atoms with Crippen molar-refractivity contribution in [2.75, 3.05) is 6.54 Å². The number of nitrogens with one attached hydrogen (secondary N) is 2. The predicted octanol–water partition coefficient (Wildman–Crippen LogP) is 3.36. The van der Waals surface area contributed by atoms with Gasteiger partial charge in [-0.05, 0) is 62.3 Å². The van der Waals surface area contributed by atoms with Crippen LogP contribution in [0.3, 0.4) is 0 Å². The smallest absolute Gasteiger partial charge is 0.338 e. The van der Waals surface area contributed by atoms with Gasteiger partial charge in [-0.25, -0.2) is 4.79 Å². The van der Waals surface area contributed by atoms with Crippen LogP contribution in [0, 0.1) is 5.92 Å². The van der Waals surface area contributed by atoms with Crippen molar-refractivity contribution in [3.8, 4) is 0 Å².